The molecule has 0 saturated carbocycles. The number of amides is 1. The van der Waals surface area contributed by atoms with Crippen molar-refractivity contribution in [2.24, 2.45) is 11.8 Å². The molecule has 5 nitrogen and oxygen atoms in total. The van der Waals surface area contributed by atoms with Crippen molar-refractivity contribution in [3.05, 3.63) is 60.2 Å². The fourth-order valence-corrected chi connectivity index (χ4v) is 4.63. The summed E-state index contributed by atoms with van der Waals surface area (Å²) in [4.78, 5) is 26.4. The second kappa shape index (κ2) is 4.92. The van der Waals surface area contributed by atoms with Crippen molar-refractivity contribution in [2.75, 3.05) is 6.54 Å². The first kappa shape index (κ1) is 14.7. The zero-order valence-corrected chi connectivity index (χ0v) is 13.5. The monoisotopic (exact) mass is 335 g/mol. The Morgan fingerprint density at radius 2 is 2.04 bits per heavy atom. The lowest BCUT2D eigenvalue weighted by molar-refractivity contribution is -0.148. The number of benzene rings is 2. The van der Waals surface area contributed by atoms with Crippen LogP contribution >= 0.6 is 0 Å². The molecule has 5 heteroatoms. The first-order chi connectivity index (χ1) is 12.1. The average Bonchev–Trinajstić information content (AvgIpc) is 3.24. The van der Waals surface area contributed by atoms with Crippen LogP contribution in [0.1, 0.15) is 5.56 Å². The number of carbonyl (C=O) groups is 2. The van der Waals surface area contributed by atoms with Crippen molar-refractivity contribution < 1.29 is 19.4 Å². The third-order valence-corrected chi connectivity index (χ3v) is 5.71. The van der Waals surface area contributed by atoms with E-state index in [0.717, 1.165) is 16.3 Å². The van der Waals surface area contributed by atoms with Gasteiger partial charge < -0.3 is 14.7 Å². The third kappa shape index (κ3) is 1.93. The minimum atomic E-state index is -0.957. The Bertz CT molecular complexity index is 931. The minimum Gasteiger partial charge on any atom is -0.481 e. The zero-order chi connectivity index (χ0) is 17.2. The molecule has 0 aromatic heterocycles. The van der Waals surface area contributed by atoms with Gasteiger partial charge in [-0.1, -0.05) is 54.6 Å². The molecule has 4 atom stereocenters. The smallest absolute Gasteiger partial charge is 0.310 e. The van der Waals surface area contributed by atoms with Gasteiger partial charge >= 0.3 is 5.97 Å². The van der Waals surface area contributed by atoms with E-state index >= 15 is 0 Å². The van der Waals surface area contributed by atoms with Crippen LogP contribution in [0, 0.1) is 11.8 Å². The highest BCUT2D eigenvalue weighted by Gasteiger charge is 2.66. The molecule has 0 unspecified atom stereocenters. The number of aliphatic carboxylic acids is 1. The lowest BCUT2D eigenvalue weighted by atomic mass is 9.77. The highest BCUT2D eigenvalue weighted by molar-refractivity contribution is 5.91. The van der Waals surface area contributed by atoms with E-state index in [9.17, 15) is 14.7 Å². The molecule has 5 rings (SSSR count). The molecule has 2 saturated heterocycles. The molecule has 2 aromatic rings. The van der Waals surface area contributed by atoms with Gasteiger partial charge in [0.25, 0.3) is 0 Å². The summed E-state index contributed by atoms with van der Waals surface area (Å²) in [6.07, 6.45) is 3.21. The molecule has 2 fully saturated rings. The Morgan fingerprint density at radius 3 is 2.88 bits per heavy atom. The van der Waals surface area contributed by atoms with Gasteiger partial charge in [0.15, 0.2) is 0 Å². The molecule has 0 radical (unpaired) electrons. The van der Waals surface area contributed by atoms with Gasteiger partial charge in [0, 0.05) is 6.54 Å². The van der Waals surface area contributed by atoms with Crippen LogP contribution in [0.3, 0.4) is 0 Å². The van der Waals surface area contributed by atoms with E-state index in [4.69, 9.17) is 4.74 Å². The van der Waals surface area contributed by atoms with Gasteiger partial charge in [0.2, 0.25) is 5.91 Å². The van der Waals surface area contributed by atoms with Crippen LogP contribution in [0.4, 0.5) is 0 Å². The van der Waals surface area contributed by atoms with Crippen molar-refractivity contribution >= 4 is 22.6 Å². The molecule has 126 valence electrons. The van der Waals surface area contributed by atoms with Crippen LogP contribution in [0.2, 0.25) is 0 Å². The van der Waals surface area contributed by atoms with E-state index < -0.39 is 29.5 Å². The normalized spacial score (nSPS) is 32.6. The molecular formula is C20H17NO4. The van der Waals surface area contributed by atoms with Crippen LogP contribution in [-0.2, 0) is 20.9 Å². The van der Waals surface area contributed by atoms with Gasteiger partial charge in [-0.15, -0.1) is 0 Å². The molecule has 0 aliphatic carbocycles. The minimum absolute atomic E-state index is 0.118. The van der Waals surface area contributed by atoms with E-state index in [-0.39, 0.29) is 5.91 Å². The van der Waals surface area contributed by atoms with Crippen LogP contribution in [-0.4, -0.2) is 40.1 Å². The maximum absolute atomic E-state index is 13.0. The Labute approximate surface area is 144 Å². The fraction of sp³-hybridized carbons (Fsp3) is 0.300. The van der Waals surface area contributed by atoms with Gasteiger partial charge in [-0.3, -0.25) is 9.59 Å². The van der Waals surface area contributed by atoms with Crippen LogP contribution in [0.15, 0.2) is 54.6 Å². The molecule has 1 amide bonds. The quantitative estimate of drug-likeness (QED) is 0.874. The number of ether oxygens (including phenoxy) is 1. The Hall–Kier alpha value is -2.66. The number of carboxylic acid groups (broad SMARTS) is 1. The number of nitrogens with zero attached hydrogens (tertiary/aromatic N) is 1. The molecule has 1 spiro atoms. The van der Waals surface area contributed by atoms with E-state index in [1.165, 1.54) is 0 Å². The summed E-state index contributed by atoms with van der Waals surface area (Å²) in [6.45, 7) is 0.878. The maximum atomic E-state index is 13.0. The number of carbonyl (C=O) groups excluding carboxylic acids is 1. The van der Waals surface area contributed by atoms with E-state index in [2.05, 4.69) is 0 Å². The number of hydrogen-bond acceptors (Lipinski definition) is 3. The third-order valence-electron chi connectivity index (χ3n) is 5.71. The number of likely N-dealkylation sites (tertiary alicyclic amines) is 1. The molecule has 3 aliphatic rings. The van der Waals surface area contributed by atoms with Crippen molar-refractivity contribution in [1.82, 2.24) is 4.90 Å². The van der Waals surface area contributed by atoms with Gasteiger partial charge in [0.05, 0.1) is 18.6 Å². The lowest BCUT2D eigenvalue weighted by Gasteiger charge is -2.22. The molecule has 25 heavy (non-hydrogen) atoms. The van der Waals surface area contributed by atoms with Crippen molar-refractivity contribution in [1.29, 1.82) is 0 Å². The molecular weight excluding hydrogens is 318 g/mol. The molecule has 3 heterocycles. The maximum Gasteiger partial charge on any atom is 0.310 e. The first-order valence-corrected chi connectivity index (χ1v) is 8.44. The fourth-order valence-electron chi connectivity index (χ4n) is 4.63. The van der Waals surface area contributed by atoms with Gasteiger partial charge in [-0.05, 0) is 16.3 Å². The van der Waals surface area contributed by atoms with Crippen LogP contribution < -0.4 is 0 Å². The van der Waals surface area contributed by atoms with E-state index in [0.29, 0.717) is 13.1 Å². The zero-order valence-electron chi connectivity index (χ0n) is 13.5. The second-order valence-electron chi connectivity index (χ2n) is 7.07. The topological polar surface area (TPSA) is 66.8 Å². The SMILES string of the molecule is O=C(O)[C@H]1[C@H]2C(=O)N(Cc3cccc4ccccc34)C[C@]23C=C[C@H]1O3. The summed E-state index contributed by atoms with van der Waals surface area (Å²) >= 11 is 0. The number of rotatable bonds is 3. The van der Waals surface area contributed by atoms with E-state index in [1.54, 1.807) is 11.0 Å². The van der Waals surface area contributed by atoms with E-state index in [1.807, 2.05) is 48.5 Å². The summed E-state index contributed by atoms with van der Waals surface area (Å²) in [6, 6.07) is 14.1. The Balaban J connectivity index is 1.50. The predicted molar refractivity (Wildman–Crippen MR) is 90.7 cm³/mol. The van der Waals surface area contributed by atoms with Crippen molar-refractivity contribution in [2.45, 2.75) is 18.2 Å². The van der Waals surface area contributed by atoms with Crippen molar-refractivity contribution in [3.63, 3.8) is 0 Å². The van der Waals surface area contributed by atoms with Gasteiger partial charge in [0.1, 0.15) is 11.5 Å². The molecule has 3 aliphatic heterocycles. The molecule has 1 N–H and O–H groups in total. The van der Waals surface area contributed by atoms with Crippen LogP contribution in [0.5, 0.6) is 0 Å². The average molecular weight is 335 g/mol. The van der Waals surface area contributed by atoms with Gasteiger partial charge in [-0.2, -0.15) is 0 Å². The number of hydrogen-bond donors (Lipinski definition) is 1. The predicted octanol–water partition coefficient (Wildman–Crippen LogP) is 2.21. The largest absolute Gasteiger partial charge is 0.481 e. The highest BCUT2D eigenvalue weighted by atomic mass is 16.5. The standard InChI is InChI=1S/C20H17NO4/c22-18-17-16(19(23)24)15-8-9-20(17,25-15)11-21(18)10-13-6-3-5-12-4-1-2-7-14(12)13/h1-9,15-17H,10-11H2,(H,23,24)/t15-,16-,17+,20-/m1/s1. The Morgan fingerprint density at radius 1 is 1.24 bits per heavy atom. The second-order valence-corrected chi connectivity index (χ2v) is 7.07. The number of fused-ring (bicyclic) bond motifs is 2. The summed E-state index contributed by atoms with van der Waals surface area (Å²) in [5, 5.41) is 11.8. The van der Waals surface area contributed by atoms with Crippen LogP contribution in [0.25, 0.3) is 10.8 Å². The van der Waals surface area contributed by atoms with Crippen molar-refractivity contribution in [3.8, 4) is 0 Å². The lowest BCUT2D eigenvalue weighted by Crippen LogP contribution is -2.39. The molecule has 2 aromatic carbocycles. The first-order valence-electron chi connectivity index (χ1n) is 8.44. The summed E-state index contributed by atoms with van der Waals surface area (Å²) in [7, 11) is 0. The summed E-state index contributed by atoms with van der Waals surface area (Å²) in [5.41, 5.74) is 0.295. The summed E-state index contributed by atoms with van der Waals surface area (Å²) < 4.78 is 5.93. The summed E-state index contributed by atoms with van der Waals surface area (Å²) in [5.74, 6) is -2.47. The molecule has 2 bridgehead atoms. The number of carboxylic acids is 1. The highest BCUT2D eigenvalue weighted by Crippen LogP contribution is 2.52. The van der Waals surface area contributed by atoms with Gasteiger partial charge in [-0.25, -0.2) is 0 Å². The Kier molecular flexibility index (Phi) is 2.89.